The van der Waals surface area contributed by atoms with Crippen molar-refractivity contribution in [2.75, 3.05) is 11.1 Å². The molecule has 1 atom stereocenters. The molecule has 0 aliphatic carbocycles. The highest BCUT2D eigenvalue weighted by atomic mass is 35.5. The van der Waals surface area contributed by atoms with Crippen molar-refractivity contribution in [1.82, 2.24) is 10.3 Å². The highest BCUT2D eigenvalue weighted by Gasteiger charge is 2.20. The molecule has 1 heterocycles. The second-order valence-corrected chi connectivity index (χ2v) is 7.41. The minimum Gasteiger partial charge on any atom is -0.478 e. The maximum atomic E-state index is 12.6. The molecule has 0 spiro atoms. The van der Waals surface area contributed by atoms with Crippen LogP contribution in [0.15, 0.2) is 53.1 Å². The third-order valence-corrected chi connectivity index (χ3v) is 5.09. The molecular weight excluding hydrogens is 449 g/mol. The summed E-state index contributed by atoms with van der Waals surface area (Å²) in [5.74, 6) is -0.598. The lowest BCUT2D eigenvalue weighted by molar-refractivity contribution is -0.117. The standard InChI is InChI=1S/C20H17Cl2N3O4S/c21-11-5-6-14(22)13(7-11)17-8-24-18(29-17)9-23-16(10-30)19(26)25-15-4-2-1-3-12(15)20(27)28/h1-8,16,23,30H,9-10H2,(H,25,26)(H,27,28). The van der Waals surface area contributed by atoms with Crippen LogP contribution in [0, 0.1) is 0 Å². The van der Waals surface area contributed by atoms with Crippen molar-refractivity contribution in [3.8, 4) is 11.3 Å². The van der Waals surface area contributed by atoms with Crippen LogP contribution in [0.3, 0.4) is 0 Å². The summed E-state index contributed by atoms with van der Waals surface area (Å²) in [6.07, 6.45) is 1.52. The van der Waals surface area contributed by atoms with Crippen LogP contribution < -0.4 is 10.6 Å². The Bertz CT molecular complexity index is 1070. The Morgan fingerprint density at radius 1 is 1.20 bits per heavy atom. The number of amides is 1. The smallest absolute Gasteiger partial charge is 0.337 e. The third-order valence-electron chi connectivity index (χ3n) is 4.16. The zero-order valence-electron chi connectivity index (χ0n) is 15.4. The van der Waals surface area contributed by atoms with E-state index in [0.717, 1.165) is 0 Å². The first-order valence-electron chi connectivity index (χ1n) is 8.76. The lowest BCUT2D eigenvalue weighted by atomic mass is 10.1. The van der Waals surface area contributed by atoms with Crippen molar-refractivity contribution in [2.24, 2.45) is 0 Å². The van der Waals surface area contributed by atoms with Gasteiger partial charge in [-0.25, -0.2) is 9.78 Å². The minimum atomic E-state index is -1.13. The van der Waals surface area contributed by atoms with E-state index in [0.29, 0.717) is 27.3 Å². The molecule has 3 aromatic rings. The fourth-order valence-electron chi connectivity index (χ4n) is 2.65. The zero-order valence-corrected chi connectivity index (χ0v) is 17.8. The minimum absolute atomic E-state index is 0.000456. The van der Waals surface area contributed by atoms with E-state index in [1.165, 1.54) is 18.3 Å². The second-order valence-electron chi connectivity index (χ2n) is 6.20. The number of carboxylic acid groups (broad SMARTS) is 1. The molecule has 3 rings (SSSR count). The van der Waals surface area contributed by atoms with Gasteiger partial charge in [-0.3, -0.25) is 10.1 Å². The zero-order chi connectivity index (χ0) is 21.7. The van der Waals surface area contributed by atoms with Crippen LogP contribution >= 0.6 is 35.8 Å². The molecule has 1 amide bonds. The summed E-state index contributed by atoms with van der Waals surface area (Å²) in [5.41, 5.74) is 0.814. The van der Waals surface area contributed by atoms with Gasteiger partial charge in [0.15, 0.2) is 5.76 Å². The van der Waals surface area contributed by atoms with Crippen molar-refractivity contribution in [3.63, 3.8) is 0 Å². The molecule has 10 heteroatoms. The number of hydrogen-bond donors (Lipinski definition) is 4. The van der Waals surface area contributed by atoms with E-state index in [4.69, 9.17) is 27.6 Å². The number of anilines is 1. The summed E-state index contributed by atoms with van der Waals surface area (Å²) in [6.45, 7) is 0.150. The molecule has 0 fully saturated rings. The van der Waals surface area contributed by atoms with Crippen LogP contribution in [-0.2, 0) is 11.3 Å². The maximum Gasteiger partial charge on any atom is 0.337 e. The maximum absolute atomic E-state index is 12.6. The Balaban J connectivity index is 1.66. The molecule has 1 aromatic heterocycles. The predicted molar refractivity (Wildman–Crippen MR) is 118 cm³/mol. The fourth-order valence-corrected chi connectivity index (χ4v) is 3.33. The van der Waals surface area contributed by atoms with Crippen LogP contribution in [0.4, 0.5) is 5.69 Å². The normalized spacial score (nSPS) is 11.8. The molecule has 2 aromatic carbocycles. The molecule has 0 radical (unpaired) electrons. The van der Waals surface area contributed by atoms with E-state index in [1.807, 2.05) is 0 Å². The van der Waals surface area contributed by atoms with E-state index in [1.54, 1.807) is 30.3 Å². The van der Waals surface area contributed by atoms with Crippen LogP contribution in [0.5, 0.6) is 0 Å². The molecule has 3 N–H and O–H groups in total. The van der Waals surface area contributed by atoms with Gasteiger partial charge in [-0.05, 0) is 30.3 Å². The summed E-state index contributed by atoms with van der Waals surface area (Å²) in [7, 11) is 0. The molecule has 0 aliphatic heterocycles. The van der Waals surface area contributed by atoms with Gasteiger partial charge in [0, 0.05) is 16.3 Å². The lowest BCUT2D eigenvalue weighted by Gasteiger charge is -2.16. The van der Waals surface area contributed by atoms with Gasteiger partial charge >= 0.3 is 5.97 Å². The number of oxazole rings is 1. The number of benzene rings is 2. The Labute approximate surface area is 187 Å². The molecule has 0 aliphatic rings. The summed E-state index contributed by atoms with van der Waals surface area (Å²) in [6, 6.07) is 10.5. The second kappa shape index (κ2) is 9.99. The van der Waals surface area contributed by atoms with Gasteiger partial charge in [-0.2, -0.15) is 12.6 Å². The number of para-hydroxylation sites is 1. The number of aromatic carboxylic acids is 1. The highest BCUT2D eigenvalue weighted by molar-refractivity contribution is 7.80. The monoisotopic (exact) mass is 465 g/mol. The molecule has 0 saturated carbocycles. The quantitative estimate of drug-likeness (QED) is 0.368. The number of halogens is 2. The largest absolute Gasteiger partial charge is 0.478 e. The Morgan fingerprint density at radius 2 is 1.97 bits per heavy atom. The molecule has 0 saturated heterocycles. The van der Waals surface area contributed by atoms with Gasteiger partial charge in [0.05, 0.1) is 35.1 Å². The van der Waals surface area contributed by atoms with Gasteiger partial charge in [0.1, 0.15) is 0 Å². The third kappa shape index (κ3) is 5.34. The Morgan fingerprint density at radius 3 is 2.70 bits per heavy atom. The van der Waals surface area contributed by atoms with Gasteiger partial charge in [0.2, 0.25) is 11.8 Å². The number of carbonyl (C=O) groups is 2. The summed E-state index contributed by atoms with van der Waals surface area (Å²) in [4.78, 5) is 28.0. The van der Waals surface area contributed by atoms with E-state index < -0.39 is 17.9 Å². The number of nitrogens with one attached hydrogen (secondary N) is 2. The van der Waals surface area contributed by atoms with Crippen molar-refractivity contribution >= 4 is 53.4 Å². The molecule has 156 valence electrons. The summed E-state index contributed by atoms with van der Waals surface area (Å²) >= 11 is 16.4. The predicted octanol–water partition coefficient (Wildman–Crippen LogP) is 4.37. The first-order valence-corrected chi connectivity index (χ1v) is 10.2. The lowest BCUT2D eigenvalue weighted by Crippen LogP contribution is -2.41. The van der Waals surface area contributed by atoms with Crippen LogP contribution in [-0.4, -0.2) is 33.8 Å². The van der Waals surface area contributed by atoms with Gasteiger partial charge in [-0.15, -0.1) is 0 Å². The van der Waals surface area contributed by atoms with Crippen LogP contribution in [0.25, 0.3) is 11.3 Å². The molecule has 0 bridgehead atoms. The molecule has 30 heavy (non-hydrogen) atoms. The Kier molecular flexibility index (Phi) is 7.38. The number of aromatic nitrogens is 1. The average molecular weight is 466 g/mol. The van der Waals surface area contributed by atoms with E-state index in [2.05, 4.69) is 28.2 Å². The van der Waals surface area contributed by atoms with Crippen molar-refractivity contribution in [3.05, 3.63) is 70.2 Å². The van der Waals surface area contributed by atoms with Crippen molar-refractivity contribution in [1.29, 1.82) is 0 Å². The molecule has 7 nitrogen and oxygen atoms in total. The van der Waals surface area contributed by atoms with Crippen molar-refractivity contribution in [2.45, 2.75) is 12.6 Å². The van der Waals surface area contributed by atoms with Crippen LogP contribution in [0.1, 0.15) is 16.2 Å². The SMILES string of the molecule is O=C(O)c1ccccc1NC(=O)C(CS)NCc1ncc(-c2cc(Cl)ccc2Cl)o1. The van der Waals surface area contributed by atoms with E-state index in [9.17, 15) is 14.7 Å². The topological polar surface area (TPSA) is 104 Å². The highest BCUT2D eigenvalue weighted by Crippen LogP contribution is 2.31. The average Bonchev–Trinajstić information content (AvgIpc) is 3.19. The first-order chi connectivity index (χ1) is 14.4. The molecular formula is C20H17Cl2N3O4S. The van der Waals surface area contributed by atoms with Gasteiger partial charge in [0.25, 0.3) is 0 Å². The number of carbonyl (C=O) groups excluding carboxylic acids is 1. The van der Waals surface area contributed by atoms with E-state index >= 15 is 0 Å². The number of thiol groups is 1. The van der Waals surface area contributed by atoms with Gasteiger partial charge in [-0.1, -0.05) is 35.3 Å². The Hall–Kier alpha value is -2.52. The van der Waals surface area contributed by atoms with Crippen LogP contribution in [0.2, 0.25) is 10.0 Å². The summed E-state index contributed by atoms with van der Waals surface area (Å²) in [5, 5.41) is 15.8. The first kappa shape index (κ1) is 22.2. The summed E-state index contributed by atoms with van der Waals surface area (Å²) < 4.78 is 5.70. The molecule has 1 unspecified atom stereocenters. The van der Waals surface area contributed by atoms with Gasteiger partial charge < -0.3 is 14.8 Å². The van der Waals surface area contributed by atoms with Crippen molar-refractivity contribution < 1.29 is 19.1 Å². The van der Waals surface area contributed by atoms with E-state index in [-0.39, 0.29) is 23.5 Å². The number of hydrogen-bond acceptors (Lipinski definition) is 6. The number of rotatable bonds is 8. The fraction of sp³-hybridized carbons (Fsp3) is 0.150. The number of carboxylic acids is 1. The number of nitrogens with zero attached hydrogens (tertiary/aromatic N) is 1.